The Bertz CT molecular complexity index is 189. The van der Waals surface area contributed by atoms with Crippen LogP contribution < -0.4 is 5.73 Å². The molecule has 1 unspecified atom stereocenters. The van der Waals surface area contributed by atoms with Crippen LogP contribution in [0, 0.1) is 0 Å². The van der Waals surface area contributed by atoms with Gasteiger partial charge in [-0.2, -0.15) is 0 Å². The Labute approximate surface area is 87.2 Å². The van der Waals surface area contributed by atoms with Crippen molar-refractivity contribution < 1.29 is 0 Å². The topological polar surface area (TPSA) is 32.5 Å². The van der Waals surface area contributed by atoms with Gasteiger partial charge < -0.3 is 5.73 Å². The zero-order chi connectivity index (χ0) is 10.1. The van der Waals surface area contributed by atoms with Crippen molar-refractivity contribution in [2.45, 2.75) is 44.8 Å². The fourth-order valence-corrected chi connectivity index (χ4v) is 2.75. The van der Waals surface area contributed by atoms with E-state index in [4.69, 9.17) is 5.73 Å². The second-order valence-corrected chi connectivity index (χ2v) is 4.86. The summed E-state index contributed by atoms with van der Waals surface area (Å²) in [6.45, 7) is 9.52. The molecule has 2 fully saturated rings. The van der Waals surface area contributed by atoms with E-state index >= 15 is 0 Å². The average molecular weight is 197 g/mol. The Morgan fingerprint density at radius 3 is 2.50 bits per heavy atom. The molecule has 0 aromatic carbocycles. The summed E-state index contributed by atoms with van der Waals surface area (Å²) < 4.78 is 0. The summed E-state index contributed by atoms with van der Waals surface area (Å²) in [5.41, 5.74) is 5.83. The molecule has 82 valence electrons. The van der Waals surface area contributed by atoms with E-state index in [1.807, 2.05) is 0 Å². The number of hydrogen-bond donors (Lipinski definition) is 1. The minimum absolute atomic E-state index is 0.486. The molecule has 1 aliphatic carbocycles. The highest BCUT2D eigenvalue weighted by Gasteiger charge is 2.34. The highest BCUT2D eigenvalue weighted by Crippen LogP contribution is 2.26. The van der Waals surface area contributed by atoms with Crippen LogP contribution in [-0.4, -0.2) is 54.1 Å². The van der Waals surface area contributed by atoms with E-state index in [2.05, 4.69) is 23.6 Å². The number of likely N-dealkylation sites (N-methyl/N-ethyl adjacent to an activating group) is 1. The van der Waals surface area contributed by atoms with Crippen LogP contribution in [0.15, 0.2) is 0 Å². The summed E-state index contributed by atoms with van der Waals surface area (Å²) in [4.78, 5) is 5.20. The number of nitrogens with zero attached hydrogens (tertiary/aromatic N) is 2. The third kappa shape index (κ3) is 1.95. The van der Waals surface area contributed by atoms with Crippen LogP contribution in [0.3, 0.4) is 0 Å². The molecule has 3 nitrogen and oxygen atoms in total. The van der Waals surface area contributed by atoms with E-state index in [9.17, 15) is 0 Å². The van der Waals surface area contributed by atoms with Gasteiger partial charge in [0.15, 0.2) is 0 Å². The molecule has 3 heteroatoms. The van der Waals surface area contributed by atoms with Crippen LogP contribution in [0.5, 0.6) is 0 Å². The van der Waals surface area contributed by atoms with Crippen LogP contribution in [0.1, 0.15) is 26.7 Å². The zero-order valence-corrected chi connectivity index (χ0v) is 9.45. The fraction of sp³-hybridized carbons (Fsp3) is 1.00. The van der Waals surface area contributed by atoms with Crippen molar-refractivity contribution in [3.63, 3.8) is 0 Å². The Balaban J connectivity index is 1.81. The Morgan fingerprint density at radius 1 is 1.29 bits per heavy atom. The highest BCUT2D eigenvalue weighted by molar-refractivity contribution is 4.92. The van der Waals surface area contributed by atoms with Crippen LogP contribution >= 0.6 is 0 Å². The quantitative estimate of drug-likeness (QED) is 0.700. The van der Waals surface area contributed by atoms with Gasteiger partial charge in [-0.1, -0.05) is 6.92 Å². The molecule has 2 aliphatic rings. The van der Waals surface area contributed by atoms with Crippen molar-refractivity contribution in [3.05, 3.63) is 0 Å². The molecule has 0 radical (unpaired) electrons. The van der Waals surface area contributed by atoms with E-state index < -0.39 is 0 Å². The van der Waals surface area contributed by atoms with Crippen LogP contribution in [0.2, 0.25) is 0 Å². The van der Waals surface area contributed by atoms with Gasteiger partial charge in [-0.25, -0.2) is 0 Å². The van der Waals surface area contributed by atoms with Crippen LogP contribution in [-0.2, 0) is 0 Å². The third-order valence-electron chi connectivity index (χ3n) is 3.87. The van der Waals surface area contributed by atoms with Crippen molar-refractivity contribution >= 4 is 0 Å². The van der Waals surface area contributed by atoms with Crippen molar-refractivity contribution in [1.29, 1.82) is 0 Å². The van der Waals surface area contributed by atoms with Gasteiger partial charge in [-0.05, 0) is 26.3 Å². The molecule has 0 aromatic heterocycles. The molecular weight excluding hydrogens is 174 g/mol. The summed E-state index contributed by atoms with van der Waals surface area (Å²) in [5.74, 6) is 0. The first-order chi connectivity index (χ1) is 6.70. The van der Waals surface area contributed by atoms with Crippen LogP contribution in [0.25, 0.3) is 0 Å². The second-order valence-electron chi connectivity index (χ2n) is 4.86. The maximum absolute atomic E-state index is 5.83. The van der Waals surface area contributed by atoms with Gasteiger partial charge >= 0.3 is 0 Å². The summed E-state index contributed by atoms with van der Waals surface area (Å²) in [6.07, 6.45) is 2.44. The van der Waals surface area contributed by atoms with Gasteiger partial charge in [0.25, 0.3) is 0 Å². The minimum atomic E-state index is 0.486. The number of nitrogens with two attached hydrogens (primary N) is 1. The normalized spacial score (nSPS) is 40.9. The molecule has 2 N–H and O–H groups in total. The van der Waals surface area contributed by atoms with Gasteiger partial charge in [0.1, 0.15) is 0 Å². The van der Waals surface area contributed by atoms with Gasteiger partial charge in [0.2, 0.25) is 0 Å². The summed E-state index contributed by atoms with van der Waals surface area (Å²) >= 11 is 0. The SMILES string of the molecule is CCN1CCN(C2CC(N)C2)CC1C. The molecule has 1 aliphatic heterocycles. The monoisotopic (exact) mass is 197 g/mol. The summed E-state index contributed by atoms with van der Waals surface area (Å²) in [5, 5.41) is 0. The third-order valence-corrected chi connectivity index (χ3v) is 3.87. The Kier molecular flexibility index (Phi) is 3.10. The Hall–Kier alpha value is -0.120. The first-order valence-electron chi connectivity index (χ1n) is 5.94. The molecule has 1 saturated carbocycles. The van der Waals surface area contributed by atoms with Crippen molar-refractivity contribution in [3.8, 4) is 0 Å². The molecule has 0 bridgehead atoms. The van der Waals surface area contributed by atoms with Gasteiger partial charge in [0.05, 0.1) is 0 Å². The lowest BCUT2D eigenvalue weighted by Crippen LogP contribution is -2.59. The molecule has 0 aromatic rings. The van der Waals surface area contributed by atoms with E-state index in [1.54, 1.807) is 0 Å². The Morgan fingerprint density at radius 2 is 2.00 bits per heavy atom. The largest absolute Gasteiger partial charge is 0.328 e. The predicted octanol–water partition coefficient (Wildman–Crippen LogP) is 0.502. The predicted molar refractivity (Wildman–Crippen MR) is 59.3 cm³/mol. The smallest absolute Gasteiger partial charge is 0.0195 e. The van der Waals surface area contributed by atoms with Crippen molar-refractivity contribution in [1.82, 2.24) is 9.80 Å². The fourth-order valence-electron chi connectivity index (χ4n) is 2.75. The van der Waals surface area contributed by atoms with Crippen molar-refractivity contribution in [2.75, 3.05) is 26.2 Å². The standard InChI is InChI=1S/C11H23N3/c1-3-13-4-5-14(8-9(13)2)11-6-10(12)7-11/h9-11H,3-8,12H2,1-2H3. The van der Waals surface area contributed by atoms with Gasteiger partial charge in [-0.3, -0.25) is 9.80 Å². The lowest BCUT2D eigenvalue weighted by Gasteiger charge is -2.47. The maximum Gasteiger partial charge on any atom is 0.0195 e. The molecule has 0 spiro atoms. The van der Waals surface area contributed by atoms with E-state index in [-0.39, 0.29) is 0 Å². The lowest BCUT2D eigenvalue weighted by atomic mass is 9.85. The van der Waals surface area contributed by atoms with E-state index in [0.29, 0.717) is 6.04 Å². The first kappa shape index (κ1) is 10.4. The number of hydrogen-bond acceptors (Lipinski definition) is 3. The zero-order valence-electron chi connectivity index (χ0n) is 9.45. The van der Waals surface area contributed by atoms with Crippen molar-refractivity contribution in [2.24, 2.45) is 5.73 Å². The molecule has 1 atom stereocenters. The summed E-state index contributed by atoms with van der Waals surface area (Å²) in [6, 6.07) is 2.01. The van der Waals surface area contributed by atoms with Crippen LogP contribution in [0.4, 0.5) is 0 Å². The van der Waals surface area contributed by atoms with E-state index in [0.717, 1.165) is 12.1 Å². The minimum Gasteiger partial charge on any atom is -0.328 e. The lowest BCUT2D eigenvalue weighted by molar-refractivity contribution is 0.0257. The average Bonchev–Trinajstić information content (AvgIpc) is 2.13. The second kappa shape index (κ2) is 4.17. The highest BCUT2D eigenvalue weighted by atomic mass is 15.3. The number of rotatable bonds is 2. The molecule has 1 heterocycles. The van der Waals surface area contributed by atoms with Gasteiger partial charge in [-0.15, -0.1) is 0 Å². The molecule has 1 saturated heterocycles. The molecule has 14 heavy (non-hydrogen) atoms. The van der Waals surface area contributed by atoms with Gasteiger partial charge in [0, 0.05) is 37.8 Å². The summed E-state index contributed by atoms with van der Waals surface area (Å²) in [7, 11) is 0. The molecular formula is C11H23N3. The van der Waals surface area contributed by atoms with E-state index in [1.165, 1.54) is 39.0 Å². The number of piperazine rings is 1. The molecule has 2 rings (SSSR count). The molecule has 0 amide bonds. The first-order valence-corrected chi connectivity index (χ1v) is 5.94. The maximum atomic E-state index is 5.83.